The van der Waals surface area contributed by atoms with E-state index >= 15 is 0 Å². The number of likely N-dealkylation sites (tertiary alicyclic amines) is 1. The number of aliphatic carboxylic acids is 2. The molecule has 2 aromatic heterocycles. The fourth-order valence-electron chi connectivity index (χ4n) is 3.20. The summed E-state index contributed by atoms with van der Waals surface area (Å²) in [6.45, 7) is 8.05. The number of alkyl halides is 6. The second kappa shape index (κ2) is 13.3. The van der Waals surface area contributed by atoms with Gasteiger partial charge in [0.1, 0.15) is 5.69 Å². The second-order valence-electron chi connectivity index (χ2n) is 9.10. The van der Waals surface area contributed by atoms with Gasteiger partial charge in [0.25, 0.3) is 5.91 Å². The molecular weight excluding hydrogens is 542 g/mol. The van der Waals surface area contributed by atoms with E-state index in [1.165, 1.54) is 0 Å². The molecule has 1 amide bonds. The van der Waals surface area contributed by atoms with Gasteiger partial charge in [-0.1, -0.05) is 5.21 Å². The van der Waals surface area contributed by atoms with Crippen LogP contribution in [0.4, 0.5) is 26.3 Å². The van der Waals surface area contributed by atoms with Crippen molar-refractivity contribution in [1.82, 2.24) is 24.9 Å². The number of hydrogen-bond acceptors (Lipinski definition) is 7. The fourth-order valence-corrected chi connectivity index (χ4v) is 3.20. The average molecular weight is 570 g/mol. The Hall–Kier alpha value is -3.76. The lowest BCUT2D eigenvalue weighted by Gasteiger charge is -2.33. The van der Waals surface area contributed by atoms with Crippen molar-refractivity contribution in [3.63, 3.8) is 0 Å². The van der Waals surface area contributed by atoms with Gasteiger partial charge in [0, 0.05) is 32.0 Å². The largest absolute Gasteiger partial charge is 0.490 e. The maximum absolute atomic E-state index is 12.8. The minimum atomic E-state index is -5.08. The molecule has 0 spiro atoms. The van der Waals surface area contributed by atoms with Gasteiger partial charge in [-0.3, -0.25) is 14.5 Å². The highest BCUT2D eigenvalue weighted by atomic mass is 19.4. The number of nitrogens with two attached hydrogens (primary N) is 1. The van der Waals surface area contributed by atoms with Crippen LogP contribution in [0.3, 0.4) is 0 Å². The van der Waals surface area contributed by atoms with Gasteiger partial charge in [-0.05, 0) is 51.2 Å². The Morgan fingerprint density at radius 3 is 2.05 bits per heavy atom. The molecule has 3 rings (SSSR count). The maximum atomic E-state index is 12.8. The Labute approximate surface area is 218 Å². The number of amides is 1. The highest BCUT2D eigenvalue weighted by Crippen LogP contribution is 2.22. The van der Waals surface area contributed by atoms with Gasteiger partial charge in [-0.2, -0.15) is 26.3 Å². The van der Waals surface area contributed by atoms with E-state index in [9.17, 15) is 31.1 Å². The SMILES string of the molecule is Cc1ccncc1C(=O)N1CCCC(Cn2cc(C(C)(C)N)nn2)C1.O=C(O)C(F)(F)F.O=C(O)C(F)(F)F. The van der Waals surface area contributed by atoms with E-state index in [1.54, 1.807) is 12.4 Å². The smallest absolute Gasteiger partial charge is 0.475 e. The van der Waals surface area contributed by atoms with E-state index in [0.717, 1.165) is 43.7 Å². The van der Waals surface area contributed by atoms with Crippen LogP contribution >= 0.6 is 0 Å². The van der Waals surface area contributed by atoms with Gasteiger partial charge in [0.15, 0.2) is 0 Å². The highest BCUT2D eigenvalue weighted by molar-refractivity contribution is 5.95. The summed E-state index contributed by atoms with van der Waals surface area (Å²) in [6, 6.07) is 1.88. The summed E-state index contributed by atoms with van der Waals surface area (Å²) in [7, 11) is 0. The molecule has 1 aliphatic rings. The van der Waals surface area contributed by atoms with Gasteiger partial charge in [-0.15, -0.1) is 5.10 Å². The molecule has 1 aliphatic heterocycles. The normalized spacial score (nSPS) is 15.8. The molecule has 1 unspecified atom stereocenters. The molecule has 2 aromatic rings. The van der Waals surface area contributed by atoms with Crippen LogP contribution in [0.1, 0.15) is 48.3 Å². The van der Waals surface area contributed by atoms with Crippen molar-refractivity contribution in [2.24, 2.45) is 11.7 Å². The number of hydrogen-bond donors (Lipinski definition) is 3. The average Bonchev–Trinajstić information content (AvgIpc) is 3.28. The first kappa shape index (κ1) is 33.3. The number of piperidine rings is 1. The summed E-state index contributed by atoms with van der Waals surface area (Å²) < 4.78 is 65.3. The molecule has 11 nitrogen and oxygen atoms in total. The fraction of sp³-hybridized carbons (Fsp3) is 0.545. The highest BCUT2D eigenvalue weighted by Gasteiger charge is 2.39. The van der Waals surface area contributed by atoms with Crippen molar-refractivity contribution in [1.29, 1.82) is 0 Å². The lowest BCUT2D eigenvalue weighted by Crippen LogP contribution is -2.41. The summed E-state index contributed by atoms with van der Waals surface area (Å²) in [5, 5.41) is 22.6. The Morgan fingerprint density at radius 1 is 1.08 bits per heavy atom. The number of aryl methyl sites for hydroxylation is 1. The molecule has 218 valence electrons. The molecule has 0 bridgehead atoms. The van der Waals surface area contributed by atoms with E-state index in [1.807, 2.05) is 42.6 Å². The van der Waals surface area contributed by atoms with Crippen LogP contribution in [0.15, 0.2) is 24.7 Å². The summed E-state index contributed by atoms with van der Waals surface area (Å²) in [5.74, 6) is -5.08. The third-order valence-electron chi connectivity index (χ3n) is 5.20. The lowest BCUT2D eigenvalue weighted by molar-refractivity contribution is -0.193. The van der Waals surface area contributed by atoms with Crippen LogP contribution < -0.4 is 5.73 Å². The van der Waals surface area contributed by atoms with Gasteiger partial charge in [0.05, 0.1) is 17.3 Å². The van der Waals surface area contributed by atoms with Crippen molar-refractivity contribution in [2.45, 2.75) is 58.0 Å². The molecule has 1 saturated heterocycles. The Kier molecular flexibility index (Phi) is 11.4. The molecule has 0 aliphatic carbocycles. The zero-order valence-electron chi connectivity index (χ0n) is 21.1. The van der Waals surface area contributed by atoms with Gasteiger partial charge in [-0.25, -0.2) is 9.59 Å². The molecule has 39 heavy (non-hydrogen) atoms. The number of carbonyl (C=O) groups excluding carboxylic acids is 1. The third-order valence-corrected chi connectivity index (χ3v) is 5.20. The number of carboxylic acid groups (broad SMARTS) is 2. The Balaban J connectivity index is 0.000000449. The Morgan fingerprint density at radius 2 is 1.62 bits per heavy atom. The number of rotatable bonds is 4. The lowest BCUT2D eigenvalue weighted by atomic mass is 9.97. The summed E-state index contributed by atoms with van der Waals surface area (Å²) >= 11 is 0. The quantitative estimate of drug-likeness (QED) is 0.469. The number of halogens is 6. The minimum absolute atomic E-state index is 0.0673. The molecule has 0 radical (unpaired) electrons. The van der Waals surface area contributed by atoms with E-state index in [2.05, 4.69) is 15.3 Å². The van der Waals surface area contributed by atoms with Gasteiger partial charge < -0.3 is 20.8 Å². The van der Waals surface area contributed by atoms with E-state index in [0.29, 0.717) is 11.5 Å². The molecular formula is C22H28F6N6O5. The van der Waals surface area contributed by atoms with Crippen LogP contribution in [-0.4, -0.2) is 78.4 Å². The van der Waals surface area contributed by atoms with Crippen molar-refractivity contribution < 1.29 is 50.9 Å². The predicted octanol–water partition coefficient (Wildman–Crippen LogP) is 2.99. The first-order valence-electron chi connectivity index (χ1n) is 11.2. The number of carboxylic acids is 2. The first-order chi connectivity index (χ1) is 17.7. The zero-order chi connectivity index (χ0) is 30.2. The zero-order valence-corrected chi connectivity index (χ0v) is 21.1. The molecule has 17 heteroatoms. The summed E-state index contributed by atoms with van der Waals surface area (Å²) in [4.78, 5) is 36.6. The van der Waals surface area contributed by atoms with E-state index in [4.69, 9.17) is 25.5 Å². The molecule has 4 N–H and O–H groups in total. The summed E-state index contributed by atoms with van der Waals surface area (Å²) in [5.41, 5.74) is 8.01. The number of nitrogens with zero attached hydrogens (tertiary/aromatic N) is 5. The maximum Gasteiger partial charge on any atom is 0.490 e. The van der Waals surface area contributed by atoms with Gasteiger partial charge >= 0.3 is 24.3 Å². The van der Waals surface area contributed by atoms with Crippen LogP contribution in [0, 0.1) is 12.8 Å². The third kappa shape index (κ3) is 11.3. The van der Waals surface area contributed by atoms with Crippen LogP contribution in [-0.2, 0) is 21.7 Å². The Bertz CT molecular complexity index is 1110. The first-order valence-corrected chi connectivity index (χ1v) is 11.2. The van der Waals surface area contributed by atoms with Crippen molar-refractivity contribution in [3.05, 3.63) is 41.5 Å². The van der Waals surface area contributed by atoms with Gasteiger partial charge in [0.2, 0.25) is 0 Å². The van der Waals surface area contributed by atoms with Crippen molar-refractivity contribution in [3.8, 4) is 0 Å². The van der Waals surface area contributed by atoms with Crippen LogP contribution in [0.5, 0.6) is 0 Å². The van der Waals surface area contributed by atoms with Crippen molar-refractivity contribution in [2.75, 3.05) is 13.1 Å². The van der Waals surface area contributed by atoms with Crippen LogP contribution in [0.25, 0.3) is 0 Å². The topological polar surface area (TPSA) is 165 Å². The van der Waals surface area contributed by atoms with E-state index < -0.39 is 29.8 Å². The van der Waals surface area contributed by atoms with Crippen molar-refractivity contribution >= 4 is 17.8 Å². The molecule has 3 heterocycles. The van der Waals surface area contributed by atoms with E-state index in [-0.39, 0.29) is 5.91 Å². The monoisotopic (exact) mass is 570 g/mol. The number of pyridine rings is 1. The molecule has 0 aromatic carbocycles. The molecule has 1 atom stereocenters. The van der Waals surface area contributed by atoms with Crippen LogP contribution in [0.2, 0.25) is 0 Å². The summed E-state index contributed by atoms with van der Waals surface area (Å²) in [6.07, 6.45) is -2.80. The minimum Gasteiger partial charge on any atom is -0.475 e. The molecule has 0 saturated carbocycles. The molecule has 1 fully saturated rings. The second-order valence-corrected chi connectivity index (χ2v) is 9.10. The standard InChI is InChI=1S/C18H26N6O.2C2HF3O2/c1-13-6-7-20-9-15(13)17(25)23-8-4-5-14(10-23)11-24-12-16(21-22-24)18(2,3)19;2*3-2(4,5)1(6)7/h6-7,9,12,14H,4-5,8,10-11,19H2,1-3H3;2*(H,6,7). The predicted molar refractivity (Wildman–Crippen MR) is 122 cm³/mol. The number of aromatic nitrogens is 4. The number of carbonyl (C=O) groups is 3.